The minimum atomic E-state index is -3.58. The summed E-state index contributed by atoms with van der Waals surface area (Å²) >= 11 is 1.79. The molecule has 1 saturated carbocycles. The fourth-order valence-electron chi connectivity index (χ4n) is 2.30. The quantitative estimate of drug-likeness (QED) is 0.846. The predicted octanol–water partition coefficient (Wildman–Crippen LogP) is 0.565. The van der Waals surface area contributed by atoms with Gasteiger partial charge in [0.05, 0.1) is 6.33 Å². The lowest BCUT2D eigenvalue weighted by Crippen LogP contribution is -2.34. The van der Waals surface area contributed by atoms with E-state index in [1.54, 1.807) is 18.8 Å². The van der Waals surface area contributed by atoms with E-state index < -0.39 is 10.0 Å². The Balaban J connectivity index is 2.14. The standard InChI is InChI=1S/C10H18N4O2S2/c1-14-6-12-9(11)10(14)18(15,16)13-7-3-4-8(5-7)17-2/h6-8,13H,3-5,11H2,1-2H3. The first kappa shape index (κ1) is 13.7. The third-order valence-electron chi connectivity index (χ3n) is 3.20. The number of hydrogen-bond acceptors (Lipinski definition) is 5. The molecule has 1 aromatic rings. The van der Waals surface area contributed by atoms with Gasteiger partial charge in [0.1, 0.15) is 0 Å². The molecule has 102 valence electrons. The molecule has 0 aromatic carbocycles. The van der Waals surface area contributed by atoms with E-state index in [1.165, 1.54) is 10.9 Å². The molecule has 18 heavy (non-hydrogen) atoms. The molecule has 6 nitrogen and oxygen atoms in total. The Morgan fingerprint density at radius 1 is 1.56 bits per heavy atom. The molecule has 0 spiro atoms. The van der Waals surface area contributed by atoms with Gasteiger partial charge in [0, 0.05) is 18.3 Å². The molecular formula is C10H18N4O2S2. The van der Waals surface area contributed by atoms with Crippen LogP contribution in [0.25, 0.3) is 0 Å². The number of nitrogens with zero attached hydrogens (tertiary/aromatic N) is 2. The van der Waals surface area contributed by atoms with E-state index in [1.807, 2.05) is 0 Å². The molecule has 2 atom stereocenters. The Kier molecular flexibility index (Phi) is 3.88. The number of nitrogens with one attached hydrogen (secondary N) is 1. The van der Waals surface area contributed by atoms with Crippen molar-refractivity contribution < 1.29 is 8.42 Å². The number of nitrogens with two attached hydrogens (primary N) is 1. The zero-order valence-electron chi connectivity index (χ0n) is 10.5. The number of sulfonamides is 1. The molecule has 0 aliphatic heterocycles. The number of rotatable bonds is 4. The summed E-state index contributed by atoms with van der Waals surface area (Å²) in [6, 6.07) is 0.00162. The molecule has 1 aliphatic rings. The van der Waals surface area contributed by atoms with Crippen LogP contribution in [0, 0.1) is 0 Å². The Morgan fingerprint density at radius 2 is 2.28 bits per heavy atom. The molecule has 1 aromatic heterocycles. The Hall–Kier alpha value is -0.730. The highest BCUT2D eigenvalue weighted by Gasteiger charge is 2.30. The SMILES string of the molecule is CSC1CCC(NS(=O)(=O)c2c(N)ncn2C)C1. The van der Waals surface area contributed by atoms with Crippen molar-refractivity contribution in [3.8, 4) is 0 Å². The van der Waals surface area contributed by atoms with E-state index in [2.05, 4.69) is 16.0 Å². The molecule has 0 saturated heterocycles. The van der Waals surface area contributed by atoms with Crippen molar-refractivity contribution in [2.75, 3.05) is 12.0 Å². The molecule has 2 unspecified atom stereocenters. The number of hydrogen-bond donors (Lipinski definition) is 2. The third kappa shape index (κ3) is 2.65. The maximum atomic E-state index is 12.2. The summed E-state index contributed by atoms with van der Waals surface area (Å²) in [5, 5.41) is 0.594. The molecular weight excluding hydrogens is 272 g/mol. The van der Waals surface area contributed by atoms with Crippen molar-refractivity contribution in [2.24, 2.45) is 7.05 Å². The van der Waals surface area contributed by atoms with Crippen molar-refractivity contribution in [2.45, 2.75) is 35.6 Å². The highest BCUT2D eigenvalue weighted by molar-refractivity contribution is 7.99. The van der Waals surface area contributed by atoms with Crippen LogP contribution in [0.3, 0.4) is 0 Å². The molecule has 2 rings (SSSR count). The van der Waals surface area contributed by atoms with Gasteiger partial charge < -0.3 is 10.3 Å². The third-order valence-corrected chi connectivity index (χ3v) is 5.95. The zero-order chi connectivity index (χ0) is 13.3. The summed E-state index contributed by atoms with van der Waals surface area (Å²) in [6.45, 7) is 0. The van der Waals surface area contributed by atoms with Crippen LogP contribution in [0.5, 0.6) is 0 Å². The molecule has 3 N–H and O–H groups in total. The smallest absolute Gasteiger partial charge is 0.260 e. The summed E-state index contributed by atoms with van der Waals surface area (Å²) in [6.07, 6.45) is 6.26. The molecule has 0 amide bonds. The predicted molar refractivity (Wildman–Crippen MR) is 72.9 cm³/mol. The van der Waals surface area contributed by atoms with Crippen molar-refractivity contribution in [1.29, 1.82) is 0 Å². The first-order chi connectivity index (χ1) is 8.44. The molecule has 1 aliphatic carbocycles. The van der Waals surface area contributed by atoms with Crippen molar-refractivity contribution in [3.63, 3.8) is 0 Å². The molecule has 1 heterocycles. The van der Waals surface area contributed by atoms with Crippen LogP contribution in [-0.4, -0.2) is 35.5 Å². The second kappa shape index (κ2) is 5.10. The van der Waals surface area contributed by atoms with Gasteiger partial charge in [-0.2, -0.15) is 11.8 Å². The number of nitrogen functional groups attached to an aromatic ring is 1. The van der Waals surface area contributed by atoms with E-state index in [9.17, 15) is 8.42 Å². The number of thioether (sulfide) groups is 1. The van der Waals surface area contributed by atoms with Gasteiger partial charge >= 0.3 is 0 Å². The fourth-order valence-corrected chi connectivity index (χ4v) is 4.62. The van der Waals surface area contributed by atoms with Crippen LogP contribution in [-0.2, 0) is 17.1 Å². The maximum Gasteiger partial charge on any atom is 0.260 e. The van der Waals surface area contributed by atoms with Crippen LogP contribution >= 0.6 is 11.8 Å². The van der Waals surface area contributed by atoms with E-state index in [0.717, 1.165) is 19.3 Å². The van der Waals surface area contributed by atoms with Crippen LogP contribution in [0.4, 0.5) is 5.82 Å². The molecule has 8 heteroatoms. The lowest BCUT2D eigenvalue weighted by molar-refractivity contribution is 0.544. The van der Waals surface area contributed by atoms with Gasteiger partial charge in [-0.05, 0) is 25.5 Å². The number of imidazole rings is 1. The van der Waals surface area contributed by atoms with Gasteiger partial charge in [-0.25, -0.2) is 18.1 Å². The highest BCUT2D eigenvalue weighted by Crippen LogP contribution is 2.29. The van der Waals surface area contributed by atoms with E-state index in [4.69, 9.17) is 5.73 Å². The lowest BCUT2D eigenvalue weighted by atomic mass is 10.3. The fraction of sp³-hybridized carbons (Fsp3) is 0.700. The Labute approximate surface area is 111 Å². The van der Waals surface area contributed by atoms with Crippen molar-refractivity contribution in [1.82, 2.24) is 14.3 Å². The number of anilines is 1. The van der Waals surface area contributed by atoms with Gasteiger partial charge in [0.25, 0.3) is 10.0 Å². The molecule has 1 fully saturated rings. The monoisotopic (exact) mass is 290 g/mol. The summed E-state index contributed by atoms with van der Waals surface area (Å²) < 4.78 is 28.6. The lowest BCUT2D eigenvalue weighted by Gasteiger charge is -2.13. The van der Waals surface area contributed by atoms with Crippen LogP contribution < -0.4 is 10.5 Å². The van der Waals surface area contributed by atoms with Gasteiger partial charge in [-0.1, -0.05) is 0 Å². The largest absolute Gasteiger partial charge is 0.381 e. The average molecular weight is 290 g/mol. The van der Waals surface area contributed by atoms with Crippen molar-refractivity contribution >= 4 is 27.6 Å². The minimum Gasteiger partial charge on any atom is -0.381 e. The molecule has 0 bridgehead atoms. The second-order valence-corrected chi connectivity index (χ2v) is 7.30. The molecule has 0 radical (unpaired) electrons. The maximum absolute atomic E-state index is 12.2. The number of aromatic nitrogens is 2. The van der Waals surface area contributed by atoms with Gasteiger partial charge in [0.15, 0.2) is 10.8 Å². The summed E-state index contributed by atoms with van der Waals surface area (Å²) in [4.78, 5) is 3.81. The summed E-state index contributed by atoms with van der Waals surface area (Å²) in [5.41, 5.74) is 5.60. The van der Waals surface area contributed by atoms with Gasteiger partial charge in [0.2, 0.25) is 0 Å². The second-order valence-electron chi connectivity index (χ2n) is 4.53. The zero-order valence-corrected chi connectivity index (χ0v) is 12.1. The van der Waals surface area contributed by atoms with Crippen molar-refractivity contribution in [3.05, 3.63) is 6.33 Å². The summed E-state index contributed by atoms with van der Waals surface area (Å²) in [7, 11) is -1.95. The van der Waals surface area contributed by atoms with E-state index in [-0.39, 0.29) is 16.9 Å². The first-order valence-electron chi connectivity index (χ1n) is 5.76. The van der Waals surface area contributed by atoms with E-state index in [0.29, 0.717) is 5.25 Å². The summed E-state index contributed by atoms with van der Waals surface area (Å²) in [5.74, 6) is 0.0458. The topological polar surface area (TPSA) is 90.0 Å². The Bertz CT molecular complexity index is 506. The van der Waals surface area contributed by atoms with Crippen LogP contribution in [0.2, 0.25) is 0 Å². The number of aryl methyl sites for hydroxylation is 1. The first-order valence-corrected chi connectivity index (χ1v) is 8.53. The van der Waals surface area contributed by atoms with Crippen LogP contribution in [0.1, 0.15) is 19.3 Å². The van der Waals surface area contributed by atoms with Gasteiger partial charge in [-0.3, -0.25) is 0 Å². The minimum absolute atomic E-state index is 0.00162. The van der Waals surface area contributed by atoms with E-state index >= 15 is 0 Å². The highest BCUT2D eigenvalue weighted by atomic mass is 32.2. The van der Waals surface area contributed by atoms with Gasteiger partial charge in [-0.15, -0.1) is 0 Å². The normalized spacial score (nSPS) is 24.6. The van der Waals surface area contributed by atoms with Crippen LogP contribution in [0.15, 0.2) is 11.4 Å². The Morgan fingerprint density at radius 3 is 2.78 bits per heavy atom. The average Bonchev–Trinajstić information content (AvgIpc) is 2.85.